The molecule has 0 aliphatic carbocycles. The fraction of sp³-hybridized carbons (Fsp3) is 0. The van der Waals surface area contributed by atoms with Crippen LogP contribution in [0, 0.1) is 0 Å². The molecule has 0 unspecified atom stereocenters. The Hall–Kier alpha value is -9.65. The Labute approximate surface area is 423 Å². The number of benzene rings is 11. The Morgan fingerprint density at radius 1 is 0.257 bits per heavy atom. The standard InChI is InChI=1S/C66H36B2N4O2/c1-9-25-47-37(17-1)38-18-2-10-26-48(38)69(47)55-35-59-63-65-61(55)41-33-42-54(34-53(41)71(65)51-29-13-5-21-43(51)67(63)45-23-7-15-31-57(45)73-59)72-52-30-14-6-22-44(52)68-46-24-8-16-32-58(46)74-60-36-56(62(42)66(72)64(60)68)70-49-27-11-3-19-39(49)40-20-4-12-28-50(40)70/h1-36H. The van der Waals surface area contributed by atoms with Gasteiger partial charge in [0.15, 0.2) is 0 Å². The lowest BCUT2D eigenvalue weighted by Crippen LogP contribution is -2.58. The maximum Gasteiger partial charge on any atom is 0.256 e. The van der Waals surface area contributed by atoms with E-state index in [2.05, 4.69) is 237 Å². The fourth-order valence-electron chi connectivity index (χ4n) is 14.5. The van der Waals surface area contributed by atoms with Gasteiger partial charge in [-0.1, -0.05) is 146 Å². The summed E-state index contributed by atoms with van der Waals surface area (Å²) in [6.07, 6.45) is 0. The third-order valence-corrected chi connectivity index (χ3v) is 17.2. The van der Waals surface area contributed by atoms with E-state index in [1.165, 1.54) is 98.3 Å². The number of aromatic nitrogens is 4. The van der Waals surface area contributed by atoms with Crippen LogP contribution in [0.25, 0.3) is 110 Å². The molecule has 4 aromatic heterocycles. The molecule has 8 heteroatoms. The van der Waals surface area contributed by atoms with Crippen molar-refractivity contribution >= 4 is 133 Å². The number of hydrogen-bond donors (Lipinski definition) is 0. The van der Waals surface area contributed by atoms with Gasteiger partial charge in [0.25, 0.3) is 13.4 Å². The summed E-state index contributed by atoms with van der Waals surface area (Å²) in [7, 11) is 0. The number of hydrogen-bond acceptors (Lipinski definition) is 2. The van der Waals surface area contributed by atoms with Crippen molar-refractivity contribution in [2.24, 2.45) is 0 Å². The highest BCUT2D eigenvalue weighted by atomic mass is 16.5. The van der Waals surface area contributed by atoms with Crippen molar-refractivity contribution in [1.29, 1.82) is 0 Å². The molecule has 0 bridgehead atoms. The first-order valence-corrected chi connectivity index (χ1v) is 25.7. The lowest BCUT2D eigenvalue weighted by atomic mass is 9.34. The Kier molecular flexibility index (Phi) is 6.82. The van der Waals surface area contributed by atoms with Crippen LogP contribution >= 0.6 is 0 Å². The van der Waals surface area contributed by atoms with E-state index in [9.17, 15) is 0 Å². The molecule has 4 aliphatic rings. The Bertz CT molecular complexity index is 4710. The number of rotatable bonds is 2. The first-order chi connectivity index (χ1) is 36.8. The second-order valence-corrected chi connectivity index (χ2v) is 20.6. The van der Waals surface area contributed by atoms with Crippen LogP contribution in [0.3, 0.4) is 0 Å². The Balaban J connectivity index is 1.06. The molecule has 0 saturated heterocycles. The first-order valence-electron chi connectivity index (χ1n) is 25.7. The third kappa shape index (κ3) is 4.42. The molecule has 19 rings (SSSR count). The van der Waals surface area contributed by atoms with Gasteiger partial charge in [0.2, 0.25) is 0 Å². The van der Waals surface area contributed by atoms with E-state index in [0.29, 0.717) is 0 Å². The van der Waals surface area contributed by atoms with Crippen LogP contribution in [-0.4, -0.2) is 31.7 Å². The summed E-state index contributed by atoms with van der Waals surface area (Å²) in [4.78, 5) is 0. The second kappa shape index (κ2) is 13.2. The molecule has 0 spiro atoms. The predicted molar refractivity (Wildman–Crippen MR) is 306 cm³/mol. The number of nitrogens with zero attached hydrogens (tertiary/aromatic N) is 4. The van der Waals surface area contributed by atoms with E-state index in [1.54, 1.807) is 0 Å². The lowest BCUT2D eigenvalue weighted by Gasteiger charge is -2.33. The van der Waals surface area contributed by atoms with Gasteiger partial charge >= 0.3 is 0 Å². The van der Waals surface area contributed by atoms with Gasteiger partial charge in [-0.2, -0.15) is 0 Å². The minimum atomic E-state index is -0.0209. The van der Waals surface area contributed by atoms with E-state index in [1.807, 2.05) is 0 Å². The number of para-hydroxylation sites is 8. The van der Waals surface area contributed by atoms with E-state index in [0.717, 1.165) is 67.5 Å². The molecule has 0 fully saturated rings. The zero-order valence-corrected chi connectivity index (χ0v) is 39.5. The van der Waals surface area contributed by atoms with Crippen LogP contribution in [-0.2, 0) is 0 Å². The molecular formula is C66H36B2N4O2. The lowest BCUT2D eigenvalue weighted by molar-refractivity contribution is 0.487. The van der Waals surface area contributed by atoms with E-state index < -0.39 is 0 Å². The zero-order valence-electron chi connectivity index (χ0n) is 39.5. The third-order valence-electron chi connectivity index (χ3n) is 17.2. The number of fused-ring (bicyclic) bond motifs is 22. The quantitative estimate of drug-likeness (QED) is 0.162. The Morgan fingerprint density at radius 3 is 1.03 bits per heavy atom. The molecular weight excluding hydrogens is 902 g/mol. The summed E-state index contributed by atoms with van der Waals surface area (Å²) in [6.45, 7) is -0.0418. The highest BCUT2D eigenvalue weighted by molar-refractivity contribution is 7.00. The monoisotopic (exact) mass is 938 g/mol. The molecule has 11 aromatic carbocycles. The van der Waals surface area contributed by atoms with Crippen LogP contribution in [0.15, 0.2) is 218 Å². The summed E-state index contributed by atoms with van der Waals surface area (Å²) in [5, 5.41) is 9.69. The van der Waals surface area contributed by atoms with Gasteiger partial charge in [0.05, 0.1) is 55.5 Å². The van der Waals surface area contributed by atoms with Crippen LogP contribution < -0.4 is 42.3 Å². The minimum absolute atomic E-state index is 0.0209. The van der Waals surface area contributed by atoms with Crippen molar-refractivity contribution < 1.29 is 9.47 Å². The van der Waals surface area contributed by atoms with Gasteiger partial charge in [0.1, 0.15) is 23.0 Å². The van der Waals surface area contributed by atoms with Crippen LogP contribution in [0.2, 0.25) is 0 Å². The highest BCUT2D eigenvalue weighted by Gasteiger charge is 2.44. The van der Waals surface area contributed by atoms with Gasteiger partial charge < -0.3 is 27.7 Å². The fourth-order valence-corrected chi connectivity index (χ4v) is 14.5. The smallest absolute Gasteiger partial charge is 0.256 e. The molecule has 338 valence electrons. The Morgan fingerprint density at radius 2 is 0.608 bits per heavy atom. The average Bonchev–Trinajstić information content (AvgIpc) is 4.29. The number of ether oxygens (including phenoxy) is 2. The van der Waals surface area contributed by atoms with Crippen molar-refractivity contribution in [1.82, 2.24) is 18.3 Å². The van der Waals surface area contributed by atoms with Crippen molar-refractivity contribution in [2.75, 3.05) is 0 Å². The van der Waals surface area contributed by atoms with Crippen molar-refractivity contribution in [3.05, 3.63) is 218 Å². The zero-order chi connectivity index (χ0) is 47.7. The van der Waals surface area contributed by atoms with Gasteiger partial charge in [-0.05, 0) is 93.4 Å². The van der Waals surface area contributed by atoms with Gasteiger partial charge in [-0.25, -0.2) is 0 Å². The normalized spacial score (nSPS) is 13.6. The average molecular weight is 939 g/mol. The summed E-state index contributed by atoms with van der Waals surface area (Å²) < 4.78 is 24.5. The molecule has 74 heavy (non-hydrogen) atoms. The van der Waals surface area contributed by atoms with E-state index in [-0.39, 0.29) is 13.4 Å². The molecule has 0 N–H and O–H groups in total. The van der Waals surface area contributed by atoms with Gasteiger partial charge in [-0.15, -0.1) is 0 Å². The van der Waals surface area contributed by atoms with Gasteiger partial charge in [0, 0.05) is 66.6 Å². The maximum atomic E-state index is 7.18. The van der Waals surface area contributed by atoms with Crippen LogP contribution in [0.5, 0.6) is 23.0 Å². The topological polar surface area (TPSA) is 38.2 Å². The van der Waals surface area contributed by atoms with Crippen LogP contribution in [0.1, 0.15) is 0 Å². The van der Waals surface area contributed by atoms with Crippen molar-refractivity contribution in [2.45, 2.75) is 0 Å². The van der Waals surface area contributed by atoms with Gasteiger partial charge in [-0.3, -0.25) is 0 Å². The van der Waals surface area contributed by atoms with Crippen molar-refractivity contribution in [3.8, 4) is 45.7 Å². The van der Waals surface area contributed by atoms with E-state index in [4.69, 9.17) is 9.47 Å². The summed E-state index contributed by atoms with van der Waals surface area (Å²) in [6, 6.07) is 80.7. The molecule has 0 amide bonds. The summed E-state index contributed by atoms with van der Waals surface area (Å²) in [5.74, 6) is 3.60. The molecule has 0 atom stereocenters. The first kappa shape index (κ1) is 38.1. The molecule has 8 heterocycles. The largest absolute Gasteiger partial charge is 0.458 e. The molecule has 0 radical (unpaired) electrons. The SMILES string of the molecule is c1ccc2c(c1)Oc1cc(-n3c4ccccc4c4ccccc43)c3c4cc5c6c(-n7c8ccccc8c8ccccc87)cc7c8c6n(c5cc4n4c3c1B2c1ccccc1-4)-c1ccccc1B8c1ccccc1O7. The summed E-state index contributed by atoms with van der Waals surface area (Å²) >= 11 is 0. The predicted octanol–water partition coefficient (Wildman–Crippen LogP) is 11.9. The van der Waals surface area contributed by atoms with Crippen molar-refractivity contribution in [3.63, 3.8) is 0 Å². The second-order valence-electron chi connectivity index (χ2n) is 20.6. The highest BCUT2D eigenvalue weighted by Crippen LogP contribution is 2.49. The molecule has 6 nitrogen and oxygen atoms in total. The molecule has 4 aliphatic heterocycles. The maximum absolute atomic E-state index is 7.18. The van der Waals surface area contributed by atoms with Crippen LogP contribution in [0.4, 0.5) is 0 Å². The molecule has 0 saturated carbocycles. The van der Waals surface area contributed by atoms with E-state index >= 15 is 0 Å². The summed E-state index contributed by atoms with van der Waals surface area (Å²) in [5.41, 5.74) is 21.2. The molecule has 15 aromatic rings. The minimum Gasteiger partial charge on any atom is -0.458 e.